The van der Waals surface area contributed by atoms with E-state index < -0.39 is 10.0 Å². The molecule has 0 aliphatic heterocycles. The summed E-state index contributed by atoms with van der Waals surface area (Å²) < 4.78 is 44.3. The minimum absolute atomic E-state index is 0.114. The zero-order chi connectivity index (χ0) is 19.0. The lowest BCUT2D eigenvalue weighted by Crippen LogP contribution is -2.26. The number of hydrogen-bond acceptors (Lipinski definition) is 4. The fourth-order valence-electron chi connectivity index (χ4n) is 2.16. The van der Waals surface area contributed by atoms with Crippen molar-refractivity contribution in [3.05, 3.63) is 59.9 Å². The molecule has 0 aromatic heterocycles. The van der Waals surface area contributed by atoms with Crippen LogP contribution in [-0.4, -0.2) is 34.0 Å². The first kappa shape index (κ1) is 19.9. The van der Waals surface area contributed by atoms with Gasteiger partial charge in [0.25, 0.3) is 5.91 Å². The molecule has 0 atom stereocenters. The lowest BCUT2D eigenvalue weighted by molar-refractivity contribution is 0.0951. The molecule has 0 heterocycles. The number of hydrogen-bond donors (Lipinski definition) is 2. The number of carbonyl (C=O) groups excluding carboxylic acids is 1. The second-order valence-corrected chi connectivity index (χ2v) is 7.20. The van der Waals surface area contributed by atoms with Gasteiger partial charge in [0.15, 0.2) is 0 Å². The van der Waals surface area contributed by atoms with E-state index >= 15 is 0 Å². The molecule has 0 bridgehead atoms. The smallest absolute Gasteiger partial charge is 0.251 e. The van der Waals surface area contributed by atoms with Crippen LogP contribution < -0.4 is 14.8 Å². The fraction of sp³-hybridized carbons (Fsp3) is 0.278. The number of ether oxygens (including phenoxy) is 1. The Balaban J connectivity index is 1.76. The number of benzene rings is 2. The van der Waals surface area contributed by atoms with Gasteiger partial charge in [-0.2, -0.15) is 0 Å². The van der Waals surface area contributed by atoms with Gasteiger partial charge in [-0.1, -0.05) is 6.92 Å². The summed E-state index contributed by atoms with van der Waals surface area (Å²) in [5.74, 6) is -0.0525. The van der Waals surface area contributed by atoms with E-state index in [2.05, 4.69) is 10.0 Å². The lowest BCUT2D eigenvalue weighted by atomic mass is 10.2. The van der Waals surface area contributed by atoms with Crippen LogP contribution in [0.5, 0.6) is 5.75 Å². The van der Waals surface area contributed by atoms with Gasteiger partial charge in [0.2, 0.25) is 10.0 Å². The molecular weight excluding hydrogens is 359 g/mol. The fourth-order valence-corrected chi connectivity index (χ4v) is 3.20. The molecule has 0 saturated heterocycles. The molecule has 6 nitrogen and oxygen atoms in total. The first-order chi connectivity index (χ1) is 12.4. The van der Waals surface area contributed by atoms with E-state index in [1.165, 1.54) is 48.5 Å². The van der Waals surface area contributed by atoms with Crippen LogP contribution in [0.2, 0.25) is 0 Å². The Bertz CT molecular complexity index is 821. The molecule has 0 aliphatic carbocycles. The summed E-state index contributed by atoms with van der Waals surface area (Å²) in [7, 11) is -3.53. The lowest BCUT2D eigenvalue weighted by Gasteiger charge is -2.08. The number of carbonyl (C=O) groups is 1. The minimum Gasteiger partial charge on any atom is -0.494 e. The van der Waals surface area contributed by atoms with Crippen molar-refractivity contribution in [3.63, 3.8) is 0 Å². The standard InChI is InChI=1S/C18H21FN2O4S/c1-2-21-26(23,24)17-10-4-14(5-11-17)18(22)20-12-3-13-25-16-8-6-15(19)7-9-16/h4-11,21H,2-3,12-13H2,1H3,(H,20,22). The molecule has 2 N–H and O–H groups in total. The van der Waals surface area contributed by atoms with Gasteiger partial charge in [0, 0.05) is 18.7 Å². The first-order valence-corrected chi connectivity index (χ1v) is 9.67. The molecule has 2 aromatic rings. The Morgan fingerprint density at radius 3 is 2.35 bits per heavy atom. The average Bonchev–Trinajstić information content (AvgIpc) is 2.63. The quantitative estimate of drug-likeness (QED) is 0.654. The predicted molar refractivity (Wildman–Crippen MR) is 96.1 cm³/mol. The molecule has 0 saturated carbocycles. The molecule has 0 fully saturated rings. The van der Waals surface area contributed by atoms with Crippen LogP contribution in [-0.2, 0) is 10.0 Å². The van der Waals surface area contributed by atoms with Crippen LogP contribution in [0.3, 0.4) is 0 Å². The summed E-state index contributed by atoms with van der Waals surface area (Å²) in [4.78, 5) is 12.2. The third-order valence-corrected chi connectivity index (χ3v) is 5.01. The van der Waals surface area contributed by atoms with Gasteiger partial charge in [0.1, 0.15) is 11.6 Å². The maximum Gasteiger partial charge on any atom is 0.251 e. The first-order valence-electron chi connectivity index (χ1n) is 8.18. The molecule has 0 spiro atoms. The summed E-state index contributed by atoms with van der Waals surface area (Å²) in [6.45, 7) is 2.77. The Morgan fingerprint density at radius 2 is 1.73 bits per heavy atom. The van der Waals surface area contributed by atoms with E-state index in [0.717, 1.165) is 0 Å². The Hall–Kier alpha value is -2.45. The zero-order valence-electron chi connectivity index (χ0n) is 14.4. The van der Waals surface area contributed by atoms with E-state index in [1.54, 1.807) is 6.92 Å². The SMILES string of the molecule is CCNS(=O)(=O)c1ccc(C(=O)NCCCOc2ccc(F)cc2)cc1. The van der Waals surface area contributed by atoms with Gasteiger partial charge in [-0.05, 0) is 55.0 Å². The normalized spacial score (nSPS) is 11.2. The van der Waals surface area contributed by atoms with Crippen molar-refractivity contribution in [2.24, 2.45) is 0 Å². The van der Waals surface area contributed by atoms with Gasteiger partial charge >= 0.3 is 0 Å². The number of rotatable bonds is 9. The van der Waals surface area contributed by atoms with Crippen molar-refractivity contribution in [2.45, 2.75) is 18.2 Å². The summed E-state index contributed by atoms with van der Waals surface area (Å²) >= 11 is 0. The van der Waals surface area contributed by atoms with Crippen LogP contribution in [0.25, 0.3) is 0 Å². The van der Waals surface area contributed by atoms with Gasteiger partial charge in [0.05, 0.1) is 11.5 Å². The summed E-state index contributed by atoms with van der Waals surface area (Å²) in [5, 5.41) is 2.73. The molecule has 2 aromatic carbocycles. The second-order valence-electron chi connectivity index (χ2n) is 5.44. The van der Waals surface area contributed by atoms with Crippen molar-refractivity contribution in [1.29, 1.82) is 0 Å². The van der Waals surface area contributed by atoms with Crippen molar-refractivity contribution >= 4 is 15.9 Å². The van der Waals surface area contributed by atoms with E-state index in [-0.39, 0.29) is 16.6 Å². The van der Waals surface area contributed by atoms with Gasteiger partial charge in [-0.25, -0.2) is 17.5 Å². The maximum absolute atomic E-state index is 12.8. The largest absolute Gasteiger partial charge is 0.494 e. The predicted octanol–water partition coefficient (Wildman–Crippen LogP) is 2.32. The Morgan fingerprint density at radius 1 is 1.08 bits per heavy atom. The highest BCUT2D eigenvalue weighted by Gasteiger charge is 2.13. The molecule has 0 unspecified atom stereocenters. The number of sulfonamides is 1. The molecule has 26 heavy (non-hydrogen) atoms. The minimum atomic E-state index is -3.53. The number of nitrogens with one attached hydrogen (secondary N) is 2. The van der Waals surface area contributed by atoms with E-state index in [4.69, 9.17) is 4.74 Å². The van der Waals surface area contributed by atoms with Gasteiger partial charge < -0.3 is 10.1 Å². The van der Waals surface area contributed by atoms with Crippen LogP contribution in [0.15, 0.2) is 53.4 Å². The molecule has 0 radical (unpaired) electrons. The van der Waals surface area contributed by atoms with Gasteiger partial charge in [-0.3, -0.25) is 4.79 Å². The zero-order valence-corrected chi connectivity index (χ0v) is 15.2. The summed E-state index contributed by atoms with van der Waals surface area (Å²) in [6, 6.07) is 11.4. The number of amides is 1. The van der Waals surface area contributed by atoms with Crippen LogP contribution >= 0.6 is 0 Å². The van der Waals surface area contributed by atoms with Crippen molar-refractivity contribution in [3.8, 4) is 5.75 Å². The van der Waals surface area contributed by atoms with E-state index in [9.17, 15) is 17.6 Å². The summed E-state index contributed by atoms with van der Waals surface area (Å²) in [5.41, 5.74) is 0.375. The van der Waals surface area contributed by atoms with Crippen LogP contribution in [0, 0.1) is 5.82 Å². The molecule has 0 aliphatic rings. The van der Waals surface area contributed by atoms with Crippen LogP contribution in [0.4, 0.5) is 4.39 Å². The highest BCUT2D eigenvalue weighted by atomic mass is 32.2. The average molecular weight is 380 g/mol. The highest BCUT2D eigenvalue weighted by Crippen LogP contribution is 2.12. The second kappa shape index (κ2) is 9.30. The Labute approximate surface area is 152 Å². The van der Waals surface area contributed by atoms with Crippen LogP contribution in [0.1, 0.15) is 23.7 Å². The summed E-state index contributed by atoms with van der Waals surface area (Å²) in [6.07, 6.45) is 0.579. The Kier molecular flexibility index (Phi) is 7.11. The molecule has 8 heteroatoms. The molecule has 1 amide bonds. The van der Waals surface area contributed by atoms with E-state index in [0.29, 0.717) is 37.4 Å². The van der Waals surface area contributed by atoms with E-state index in [1.807, 2.05) is 0 Å². The maximum atomic E-state index is 12.8. The third-order valence-electron chi connectivity index (χ3n) is 3.45. The van der Waals surface area contributed by atoms with Crippen molar-refractivity contribution < 1.29 is 22.3 Å². The van der Waals surface area contributed by atoms with Gasteiger partial charge in [-0.15, -0.1) is 0 Å². The molecule has 140 valence electrons. The highest BCUT2D eigenvalue weighted by molar-refractivity contribution is 7.89. The van der Waals surface area contributed by atoms with Crippen molar-refractivity contribution in [2.75, 3.05) is 19.7 Å². The molecular formula is C18H21FN2O4S. The third kappa shape index (κ3) is 5.82. The monoisotopic (exact) mass is 380 g/mol. The number of halogens is 1. The molecule has 2 rings (SSSR count). The van der Waals surface area contributed by atoms with Crippen molar-refractivity contribution in [1.82, 2.24) is 10.0 Å². The topological polar surface area (TPSA) is 84.5 Å².